The molecule has 1 heterocycles. The Morgan fingerprint density at radius 1 is 1.77 bits per heavy atom. The van der Waals surface area contributed by atoms with Crippen LogP contribution in [0.25, 0.3) is 0 Å². The maximum absolute atomic E-state index is 11.2. The first kappa shape index (κ1) is 10.1. The highest BCUT2D eigenvalue weighted by Gasteiger charge is 2.25. The van der Waals surface area contributed by atoms with E-state index >= 15 is 0 Å². The van der Waals surface area contributed by atoms with E-state index in [-0.39, 0.29) is 16.8 Å². The average molecular weight is 186 g/mol. The van der Waals surface area contributed by atoms with Gasteiger partial charge in [0.25, 0.3) is 0 Å². The molecule has 5 heteroatoms. The van der Waals surface area contributed by atoms with Crippen LogP contribution in [0, 0.1) is 11.1 Å². The minimum Gasteiger partial charge on any atom is -0.627 e. The molecule has 0 radical (unpaired) electrons. The Bertz CT molecular complexity index is 225. The summed E-state index contributed by atoms with van der Waals surface area (Å²) in [7, 11) is 0. The predicted molar refractivity (Wildman–Crippen MR) is 47.3 cm³/mol. The van der Waals surface area contributed by atoms with E-state index in [4.69, 9.17) is 4.74 Å². The molecule has 1 aliphatic rings. The molecule has 0 fully saturated rings. The molecule has 1 rings (SSSR count). The smallest absolute Gasteiger partial charge is 0.413 e. The van der Waals surface area contributed by atoms with Gasteiger partial charge in [-0.05, 0) is 5.92 Å². The minimum absolute atomic E-state index is 0.0133. The first-order chi connectivity index (χ1) is 6.11. The third-order valence-corrected chi connectivity index (χ3v) is 1.61. The maximum atomic E-state index is 11.2. The van der Waals surface area contributed by atoms with E-state index < -0.39 is 5.97 Å². The van der Waals surface area contributed by atoms with Crippen LogP contribution in [0.4, 0.5) is 0 Å². The van der Waals surface area contributed by atoms with E-state index in [1.165, 1.54) is 0 Å². The minimum atomic E-state index is -0.573. The van der Waals surface area contributed by atoms with Crippen LogP contribution in [0.2, 0.25) is 0 Å². The highest BCUT2D eigenvalue weighted by Crippen LogP contribution is 1.93. The van der Waals surface area contributed by atoms with Crippen molar-refractivity contribution in [3.63, 3.8) is 0 Å². The molecule has 0 aromatic rings. The Morgan fingerprint density at radius 2 is 2.46 bits per heavy atom. The van der Waals surface area contributed by atoms with Gasteiger partial charge < -0.3 is 15.0 Å². The zero-order chi connectivity index (χ0) is 9.84. The van der Waals surface area contributed by atoms with Gasteiger partial charge in [0.05, 0.1) is 13.2 Å². The van der Waals surface area contributed by atoms with Gasteiger partial charge >= 0.3 is 11.8 Å². The molecular weight excluding hydrogens is 172 g/mol. The van der Waals surface area contributed by atoms with Crippen molar-refractivity contribution in [2.24, 2.45) is 10.9 Å². The summed E-state index contributed by atoms with van der Waals surface area (Å²) >= 11 is 0. The number of esters is 1. The van der Waals surface area contributed by atoms with Crippen LogP contribution in [-0.2, 0) is 9.53 Å². The number of nitrogens with one attached hydrogen (secondary N) is 1. The molecule has 0 aromatic carbocycles. The van der Waals surface area contributed by atoms with Gasteiger partial charge in [-0.1, -0.05) is 13.8 Å². The van der Waals surface area contributed by atoms with Gasteiger partial charge in [0.2, 0.25) is 0 Å². The molecule has 0 saturated heterocycles. The summed E-state index contributed by atoms with van der Waals surface area (Å²) in [6.45, 7) is 4.97. The lowest BCUT2D eigenvalue weighted by Gasteiger charge is -2.15. The Morgan fingerprint density at radius 3 is 2.92 bits per heavy atom. The lowest BCUT2D eigenvalue weighted by Crippen LogP contribution is -3.09. The van der Waals surface area contributed by atoms with Crippen molar-refractivity contribution in [3.8, 4) is 0 Å². The molecular formula is C8H14N2O3. The number of hydroxylamine groups is 2. The number of ether oxygens (including phenoxy) is 1. The molecule has 1 atom stereocenters. The van der Waals surface area contributed by atoms with Gasteiger partial charge in [-0.15, -0.1) is 0 Å². The third kappa shape index (κ3) is 2.78. The fourth-order valence-corrected chi connectivity index (χ4v) is 0.965. The second-order valence-electron chi connectivity index (χ2n) is 3.40. The topological polar surface area (TPSA) is 66.2 Å². The lowest BCUT2D eigenvalue weighted by atomic mass is 10.2. The van der Waals surface area contributed by atoms with Crippen molar-refractivity contribution in [1.82, 2.24) is 0 Å². The highest BCUT2D eigenvalue weighted by atomic mass is 16.6. The fraction of sp³-hybridized carbons (Fsp3) is 0.750. The number of hydrogen-bond donors (Lipinski definition) is 1. The van der Waals surface area contributed by atoms with E-state index in [2.05, 4.69) is 4.99 Å². The van der Waals surface area contributed by atoms with Crippen molar-refractivity contribution < 1.29 is 14.6 Å². The average Bonchev–Trinajstić information content (AvgIpc) is 2.47. The second kappa shape index (κ2) is 4.34. The summed E-state index contributed by atoms with van der Waals surface area (Å²) in [6.07, 6.45) is 0. The molecule has 1 aliphatic heterocycles. The molecule has 1 unspecified atom stereocenters. The SMILES string of the molecule is CC(C)COC(=O)C1=NCC[NH+]1[O-]. The van der Waals surface area contributed by atoms with Crippen LogP contribution in [0.1, 0.15) is 13.8 Å². The molecule has 1 N–H and O–H groups in total. The van der Waals surface area contributed by atoms with E-state index in [1.807, 2.05) is 13.8 Å². The molecule has 0 aliphatic carbocycles. The Kier molecular flexibility index (Phi) is 3.39. The Balaban J connectivity index is 2.39. The van der Waals surface area contributed by atoms with Gasteiger partial charge in [0.15, 0.2) is 0 Å². The largest absolute Gasteiger partial charge is 0.627 e. The van der Waals surface area contributed by atoms with Gasteiger partial charge in [-0.25, -0.2) is 9.79 Å². The van der Waals surface area contributed by atoms with E-state index in [0.29, 0.717) is 19.7 Å². The normalized spacial score (nSPS) is 21.8. The molecule has 0 aromatic heterocycles. The third-order valence-electron chi connectivity index (χ3n) is 1.61. The Labute approximate surface area is 77.0 Å². The number of aliphatic imine (C=N–C) groups is 1. The standard InChI is InChI=1S/C8H14N2O3/c1-6(2)5-13-8(11)7-9-3-4-10(7)12/h6,10H,3-5H2,1-2H3. The summed E-state index contributed by atoms with van der Waals surface area (Å²) < 4.78 is 4.87. The van der Waals surface area contributed by atoms with Crippen LogP contribution >= 0.6 is 0 Å². The number of quaternary nitrogens is 1. The van der Waals surface area contributed by atoms with Crippen molar-refractivity contribution >= 4 is 11.8 Å². The van der Waals surface area contributed by atoms with E-state index in [0.717, 1.165) is 0 Å². The first-order valence-electron chi connectivity index (χ1n) is 4.36. The van der Waals surface area contributed by atoms with Crippen LogP contribution in [0.5, 0.6) is 0 Å². The summed E-state index contributed by atoms with van der Waals surface area (Å²) in [6, 6.07) is 0. The fourth-order valence-electron chi connectivity index (χ4n) is 0.965. The quantitative estimate of drug-likeness (QED) is 0.453. The van der Waals surface area contributed by atoms with Crippen LogP contribution in [0.3, 0.4) is 0 Å². The number of carbonyl (C=O) groups is 1. The van der Waals surface area contributed by atoms with Gasteiger partial charge in [-0.2, -0.15) is 0 Å². The summed E-state index contributed by atoms with van der Waals surface area (Å²) in [4.78, 5) is 15.0. The highest BCUT2D eigenvalue weighted by molar-refractivity contribution is 6.31. The monoisotopic (exact) mass is 186 g/mol. The zero-order valence-corrected chi connectivity index (χ0v) is 7.87. The number of rotatable bonds is 3. The Hall–Kier alpha value is -0.940. The van der Waals surface area contributed by atoms with Crippen molar-refractivity contribution in [2.45, 2.75) is 13.8 Å². The van der Waals surface area contributed by atoms with Crippen molar-refractivity contribution in [2.75, 3.05) is 19.7 Å². The van der Waals surface area contributed by atoms with Crippen molar-refractivity contribution in [3.05, 3.63) is 5.21 Å². The predicted octanol–water partition coefficient (Wildman–Crippen LogP) is -1.02. The summed E-state index contributed by atoms with van der Waals surface area (Å²) in [5, 5.41) is 10.8. The van der Waals surface area contributed by atoms with Crippen molar-refractivity contribution in [1.29, 1.82) is 0 Å². The van der Waals surface area contributed by atoms with Crippen LogP contribution < -0.4 is 5.06 Å². The number of nitrogens with zero attached hydrogens (tertiary/aromatic N) is 1. The molecule has 0 spiro atoms. The molecule has 0 bridgehead atoms. The second-order valence-corrected chi connectivity index (χ2v) is 3.40. The first-order valence-corrected chi connectivity index (χ1v) is 4.36. The molecule has 0 amide bonds. The summed E-state index contributed by atoms with van der Waals surface area (Å²) in [5.41, 5.74) is 0. The van der Waals surface area contributed by atoms with Gasteiger partial charge in [0, 0.05) is 0 Å². The maximum Gasteiger partial charge on any atom is 0.413 e. The number of amidine groups is 1. The van der Waals surface area contributed by atoms with Crippen LogP contribution in [-0.4, -0.2) is 31.5 Å². The van der Waals surface area contributed by atoms with E-state index in [1.54, 1.807) is 0 Å². The molecule has 74 valence electrons. The summed E-state index contributed by atoms with van der Waals surface area (Å²) in [5.74, 6) is -0.307. The van der Waals surface area contributed by atoms with Gasteiger partial charge in [0.1, 0.15) is 6.54 Å². The van der Waals surface area contributed by atoms with E-state index in [9.17, 15) is 10.0 Å². The number of carbonyl (C=O) groups excluding carboxylic acids is 1. The number of hydrogen-bond acceptors (Lipinski definition) is 4. The molecule has 5 nitrogen and oxygen atoms in total. The zero-order valence-electron chi connectivity index (χ0n) is 7.87. The van der Waals surface area contributed by atoms with Gasteiger partial charge in [-0.3, -0.25) is 0 Å². The lowest BCUT2D eigenvalue weighted by molar-refractivity contribution is -0.737. The molecule has 13 heavy (non-hydrogen) atoms. The molecule has 0 saturated carbocycles. The van der Waals surface area contributed by atoms with Crippen LogP contribution in [0.15, 0.2) is 4.99 Å².